The Labute approximate surface area is 105 Å². The molecule has 0 saturated carbocycles. The summed E-state index contributed by atoms with van der Waals surface area (Å²) in [6, 6.07) is 6.54. The lowest BCUT2D eigenvalue weighted by atomic mass is 10.1. The molecule has 2 atom stereocenters. The van der Waals surface area contributed by atoms with Gasteiger partial charge in [-0.3, -0.25) is 0 Å². The summed E-state index contributed by atoms with van der Waals surface area (Å²) in [6.07, 6.45) is 1.26. The Balaban J connectivity index is 2.01. The molecule has 17 heavy (non-hydrogen) atoms. The number of hydrogen-bond acceptors (Lipinski definition) is 4. The summed E-state index contributed by atoms with van der Waals surface area (Å²) in [7, 11) is 0. The predicted molar refractivity (Wildman–Crippen MR) is 74.6 cm³/mol. The minimum absolute atomic E-state index is 0.600. The van der Waals surface area contributed by atoms with Gasteiger partial charge in [-0.2, -0.15) is 0 Å². The summed E-state index contributed by atoms with van der Waals surface area (Å²) < 4.78 is 1.19. The van der Waals surface area contributed by atoms with E-state index in [9.17, 15) is 0 Å². The van der Waals surface area contributed by atoms with Gasteiger partial charge in [-0.25, -0.2) is 4.98 Å². The molecule has 4 heteroatoms. The van der Waals surface area contributed by atoms with E-state index in [1.54, 1.807) is 11.3 Å². The van der Waals surface area contributed by atoms with E-state index in [1.807, 2.05) is 18.2 Å². The van der Waals surface area contributed by atoms with Crippen LogP contribution in [0.1, 0.15) is 20.3 Å². The largest absolute Gasteiger partial charge is 0.399 e. The van der Waals surface area contributed by atoms with Crippen molar-refractivity contribution in [1.82, 2.24) is 4.98 Å². The van der Waals surface area contributed by atoms with E-state index in [2.05, 4.69) is 18.7 Å². The van der Waals surface area contributed by atoms with Gasteiger partial charge < -0.3 is 10.6 Å². The molecule has 1 aromatic heterocycles. The van der Waals surface area contributed by atoms with Crippen molar-refractivity contribution in [3.05, 3.63) is 18.2 Å². The van der Waals surface area contributed by atoms with Crippen LogP contribution >= 0.6 is 11.3 Å². The summed E-state index contributed by atoms with van der Waals surface area (Å²) >= 11 is 1.75. The molecule has 0 aliphatic carbocycles. The highest BCUT2D eigenvalue weighted by Gasteiger charge is 2.28. The first-order valence-electron chi connectivity index (χ1n) is 6.06. The third kappa shape index (κ3) is 1.86. The summed E-state index contributed by atoms with van der Waals surface area (Å²) in [6.45, 7) is 5.71. The maximum Gasteiger partial charge on any atom is 0.186 e. The van der Waals surface area contributed by atoms with Crippen LogP contribution in [0.3, 0.4) is 0 Å². The summed E-state index contributed by atoms with van der Waals surface area (Å²) in [5, 5.41) is 1.14. The molecule has 2 aromatic rings. The molecular formula is C13H17N3S. The highest BCUT2D eigenvalue weighted by Crippen LogP contribution is 2.35. The van der Waals surface area contributed by atoms with Crippen molar-refractivity contribution in [3.63, 3.8) is 0 Å². The monoisotopic (exact) mass is 247 g/mol. The molecule has 2 N–H and O–H groups in total. The van der Waals surface area contributed by atoms with E-state index in [0.29, 0.717) is 6.04 Å². The van der Waals surface area contributed by atoms with Crippen LogP contribution in [0.15, 0.2) is 18.2 Å². The number of anilines is 2. The molecule has 1 fully saturated rings. The average Bonchev–Trinajstić information content (AvgIpc) is 2.80. The van der Waals surface area contributed by atoms with E-state index in [-0.39, 0.29) is 0 Å². The SMILES string of the molecule is CC1CC(C)N(c2nc3ccc(N)cc3s2)C1. The smallest absolute Gasteiger partial charge is 0.186 e. The maximum absolute atomic E-state index is 5.80. The summed E-state index contributed by atoms with van der Waals surface area (Å²) in [4.78, 5) is 7.13. The normalized spacial score (nSPS) is 24.7. The van der Waals surface area contributed by atoms with Crippen LogP contribution in [-0.2, 0) is 0 Å². The van der Waals surface area contributed by atoms with E-state index >= 15 is 0 Å². The van der Waals surface area contributed by atoms with Crippen LogP contribution in [0.5, 0.6) is 0 Å². The Morgan fingerprint density at radius 3 is 2.94 bits per heavy atom. The van der Waals surface area contributed by atoms with Gasteiger partial charge in [0.1, 0.15) is 0 Å². The highest BCUT2D eigenvalue weighted by molar-refractivity contribution is 7.22. The zero-order valence-corrected chi connectivity index (χ0v) is 11.0. The number of rotatable bonds is 1. The number of fused-ring (bicyclic) bond motifs is 1. The Hall–Kier alpha value is -1.29. The van der Waals surface area contributed by atoms with E-state index in [4.69, 9.17) is 10.7 Å². The molecule has 3 nitrogen and oxygen atoms in total. The molecule has 0 spiro atoms. The van der Waals surface area contributed by atoms with E-state index < -0.39 is 0 Å². The number of benzene rings is 1. The van der Waals surface area contributed by atoms with Crippen molar-refractivity contribution >= 4 is 32.4 Å². The predicted octanol–water partition coefficient (Wildman–Crippen LogP) is 3.11. The van der Waals surface area contributed by atoms with Gasteiger partial charge in [-0.15, -0.1) is 0 Å². The summed E-state index contributed by atoms with van der Waals surface area (Å²) in [5.74, 6) is 0.766. The number of nitrogen functional groups attached to an aromatic ring is 1. The van der Waals surface area contributed by atoms with Crippen molar-refractivity contribution < 1.29 is 0 Å². The number of nitrogens with two attached hydrogens (primary N) is 1. The zero-order chi connectivity index (χ0) is 12.0. The van der Waals surface area contributed by atoms with Gasteiger partial charge in [0.2, 0.25) is 0 Å². The van der Waals surface area contributed by atoms with Crippen LogP contribution in [0, 0.1) is 5.92 Å². The molecular weight excluding hydrogens is 230 g/mol. The van der Waals surface area contributed by atoms with Crippen molar-refractivity contribution in [2.75, 3.05) is 17.2 Å². The Bertz CT molecular complexity index is 549. The number of thiazole rings is 1. The van der Waals surface area contributed by atoms with Gasteiger partial charge in [0, 0.05) is 18.3 Å². The fourth-order valence-corrected chi connectivity index (χ4v) is 3.74. The van der Waals surface area contributed by atoms with Crippen molar-refractivity contribution in [2.45, 2.75) is 26.3 Å². The fourth-order valence-electron chi connectivity index (χ4n) is 2.62. The lowest BCUT2D eigenvalue weighted by molar-refractivity contribution is 0.625. The number of nitrogens with zero attached hydrogens (tertiary/aromatic N) is 2. The Morgan fingerprint density at radius 1 is 1.41 bits per heavy atom. The van der Waals surface area contributed by atoms with Crippen LogP contribution < -0.4 is 10.6 Å². The van der Waals surface area contributed by atoms with Crippen molar-refractivity contribution in [1.29, 1.82) is 0 Å². The first-order chi connectivity index (χ1) is 8.13. The molecule has 3 rings (SSSR count). The average molecular weight is 247 g/mol. The van der Waals surface area contributed by atoms with Gasteiger partial charge in [-0.1, -0.05) is 18.3 Å². The van der Waals surface area contributed by atoms with Crippen molar-refractivity contribution in [3.8, 4) is 0 Å². The van der Waals surface area contributed by atoms with Crippen LogP contribution in [0.25, 0.3) is 10.2 Å². The van der Waals surface area contributed by atoms with Gasteiger partial charge >= 0.3 is 0 Å². The summed E-state index contributed by atoms with van der Waals surface area (Å²) in [5.41, 5.74) is 7.68. The fraction of sp³-hybridized carbons (Fsp3) is 0.462. The van der Waals surface area contributed by atoms with E-state index in [1.165, 1.54) is 11.1 Å². The third-order valence-electron chi connectivity index (χ3n) is 3.43. The number of hydrogen-bond donors (Lipinski definition) is 1. The molecule has 90 valence electrons. The standard InChI is InChI=1S/C13H17N3S/c1-8-5-9(2)16(7-8)13-15-11-4-3-10(14)6-12(11)17-13/h3-4,6,8-9H,5,7,14H2,1-2H3. The molecule has 0 radical (unpaired) electrons. The van der Waals surface area contributed by atoms with Crippen LogP contribution in [0.2, 0.25) is 0 Å². The molecule has 0 bridgehead atoms. The van der Waals surface area contributed by atoms with Gasteiger partial charge in [0.05, 0.1) is 10.2 Å². The topological polar surface area (TPSA) is 42.2 Å². The minimum atomic E-state index is 0.600. The minimum Gasteiger partial charge on any atom is -0.399 e. The lowest BCUT2D eigenvalue weighted by Gasteiger charge is -2.19. The van der Waals surface area contributed by atoms with Gasteiger partial charge in [0.15, 0.2) is 5.13 Å². The zero-order valence-electron chi connectivity index (χ0n) is 10.2. The number of aromatic nitrogens is 1. The van der Waals surface area contributed by atoms with Crippen molar-refractivity contribution in [2.24, 2.45) is 5.92 Å². The van der Waals surface area contributed by atoms with Gasteiger partial charge in [-0.05, 0) is 37.5 Å². The maximum atomic E-state index is 5.80. The quantitative estimate of drug-likeness (QED) is 0.787. The lowest BCUT2D eigenvalue weighted by Crippen LogP contribution is -2.26. The molecule has 1 aliphatic heterocycles. The van der Waals surface area contributed by atoms with Crippen LogP contribution in [-0.4, -0.2) is 17.6 Å². The second-order valence-corrected chi connectivity index (χ2v) is 6.07. The molecule has 0 amide bonds. The molecule has 1 aromatic carbocycles. The second-order valence-electron chi connectivity index (χ2n) is 5.07. The Kier molecular flexibility index (Phi) is 2.47. The second kappa shape index (κ2) is 3.88. The van der Waals surface area contributed by atoms with Gasteiger partial charge in [0.25, 0.3) is 0 Å². The van der Waals surface area contributed by atoms with Crippen LogP contribution in [0.4, 0.5) is 10.8 Å². The molecule has 2 unspecified atom stereocenters. The van der Waals surface area contributed by atoms with E-state index in [0.717, 1.165) is 28.8 Å². The highest BCUT2D eigenvalue weighted by atomic mass is 32.1. The first-order valence-corrected chi connectivity index (χ1v) is 6.88. The third-order valence-corrected chi connectivity index (χ3v) is 4.49. The first kappa shape index (κ1) is 10.8. The Morgan fingerprint density at radius 2 is 2.24 bits per heavy atom. The molecule has 1 aliphatic rings. The molecule has 2 heterocycles. The molecule has 1 saturated heterocycles.